The molecule has 1 aromatic carbocycles. The number of hydrogen-bond donors (Lipinski definition) is 1. The molecule has 4 nitrogen and oxygen atoms in total. The second-order valence-electron chi connectivity index (χ2n) is 5.98. The minimum atomic E-state index is 0.210. The van der Waals surface area contributed by atoms with Crippen LogP contribution < -0.4 is 10.2 Å². The van der Waals surface area contributed by atoms with Gasteiger partial charge in [-0.05, 0) is 44.6 Å². The molecular formula is C16H25N3O. The predicted molar refractivity (Wildman–Crippen MR) is 82.9 cm³/mol. The molecule has 0 aromatic heterocycles. The zero-order valence-corrected chi connectivity index (χ0v) is 12.9. The Bertz CT molecular complexity index is 449. The molecule has 1 aliphatic rings. The van der Waals surface area contributed by atoms with Crippen LogP contribution in [0, 0.1) is 5.92 Å². The van der Waals surface area contributed by atoms with Gasteiger partial charge in [-0.15, -0.1) is 0 Å². The Morgan fingerprint density at radius 3 is 2.25 bits per heavy atom. The number of carbonyl (C=O) groups is 1. The van der Waals surface area contributed by atoms with Crippen LogP contribution in [0.5, 0.6) is 0 Å². The molecule has 20 heavy (non-hydrogen) atoms. The number of anilines is 1. The number of benzene rings is 1. The second-order valence-corrected chi connectivity index (χ2v) is 5.98. The normalized spacial score (nSPS) is 16.1. The monoisotopic (exact) mass is 275 g/mol. The van der Waals surface area contributed by atoms with Gasteiger partial charge in [0.25, 0.3) is 0 Å². The lowest BCUT2D eigenvalue weighted by Gasteiger charge is -2.25. The van der Waals surface area contributed by atoms with Gasteiger partial charge in [0.2, 0.25) is 5.91 Å². The minimum Gasteiger partial charge on any atom is -0.378 e. The van der Waals surface area contributed by atoms with Crippen LogP contribution in [0.4, 0.5) is 5.69 Å². The average Bonchev–Trinajstić information content (AvgIpc) is 3.23. The number of nitrogens with zero attached hydrogens (tertiary/aromatic N) is 2. The molecule has 110 valence electrons. The summed E-state index contributed by atoms with van der Waals surface area (Å²) in [7, 11) is 8.17. The van der Waals surface area contributed by atoms with E-state index in [1.807, 2.05) is 28.2 Å². The molecule has 0 bridgehead atoms. The summed E-state index contributed by atoms with van der Waals surface area (Å²) in [6.45, 7) is 0.670. The molecule has 0 unspecified atom stereocenters. The summed E-state index contributed by atoms with van der Waals surface area (Å²) in [4.78, 5) is 16.0. The molecule has 1 aromatic rings. The van der Waals surface area contributed by atoms with Crippen LogP contribution in [-0.4, -0.2) is 45.5 Å². The van der Waals surface area contributed by atoms with Crippen molar-refractivity contribution in [2.24, 2.45) is 5.92 Å². The highest BCUT2D eigenvalue weighted by molar-refractivity contribution is 5.80. The van der Waals surface area contributed by atoms with Gasteiger partial charge in [0.15, 0.2) is 0 Å². The lowest BCUT2D eigenvalue weighted by atomic mass is 10.1. The summed E-state index contributed by atoms with van der Waals surface area (Å²) < 4.78 is 0. The van der Waals surface area contributed by atoms with Crippen LogP contribution in [0.1, 0.15) is 24.4 Å². The van der Waals surface area contributed by atoms with Gasteiger partial charge in [-0.25, -0.2) is 0 Å². The smallest absolute Gasteiger partial charge is 0.223 e. The van der Waals surface area contributed by atoms with Crippen LogP contribution in [0.2, 0.25) is 0 Å². The van der Waals surface area contributed by atoms with E-state index in [2.05, 4.69) is 39.4 Å². The quantitative estimate of drug-likeness (QED) is 0.861. The molecule has 1 amide bonds. The Hall–Kier alpha value is -1.55. The largest absolute Gasteiger partial charge is 0.378 e. The van der Waals surface area contributed by atoms with Crippen LogP contribution in [0.15, 0.2) is 24.3 Å². The number of nitrogens with one attached hydrogen (secondary N) is 1. The first-order chi connectivity index (χ1) is 9.49. The molecule has 1 aliphatic carbocycles. The summed E-state index contributed by atoms with van der Waals surface area (Å²) in [5, 5.41) is 3.07. The van der Waals surface area contributed by atoms with Gasteiger partial charge in [0.05, 0.1) is 6.04 Å². The van der Waals surface area contributed by atoms with E-state index in [-0.39, 0.29) is 17.9 Å². The van der Waals surface area contributed by atoms with E-state index >= 15 is 0 Å². The zero-order chi connectivity index (χ0) is 14.7. The maximum Gasteiger partial charge on any atom is 0.223 e. The lowest BCUT2D eigenvalue weighted by Crippen LogP contribution is -2.35. The second kappa shape index (κ2) is 6.27. The SMILES string of the molecule is CN(C)c1ccc([C@@H](CNC(=O)C2CC2)N(C)C)cc1. The lowest BCUT2D eigenvalue weighted by molar-refractivity contribution is -0.122. The van der Waals surface area contributed by atoms with Crippen molar-refractivity contribution in [2.75, 3.05) is 39.6 Å². The first kappa shape index (κ1) is 14.9. The van der Waals surface area contributed by atoms with Crippen molar-refractivity contribution in [1.29, 1.82) is 0 Å². The highest BCUT2D eigenvalue weighted by atomic mass is 16.2. The Labute approximate surface area is 121 Å². The molecule has 4 heteroatoms. The van der Waals surface area contributed by atoms with Gasteiger partial charge in [0, 0.05) is 32.2 Å². The van der Waals surface area contributed by atoms with E-state index in [0.717, 1.165) is 12.8 Å². The van der Waals surface area contributed by atoms with Crippen molar-refractivity contribution in [3.05, 3.63) is 29.8 Å². The van der Waals surface area contributed by atoms with Gasteiger partial charge in [-0.3, -0.25) is 4.79 Å². The first-order valence-corrected chi connectivity index (χ1v) is 7.20. The topological polar surface area (TPSA) is 35.6 Å². The Morgan fingerprint density at radius 2 is 1.80 bits per heavy atom. The van der Waals surface area contributed by atoms with Crippen LogP contribution in [0.3, 0.4) is 0 Å². The maximum absolute atomic E-state index is 11.8. The summed E-state index contributed by atoms with van der Waals surface area (Å²) in [5.41, 5.74) is 2.42. The summed E-state index contributed by atoms with van der Waals surface area (Å²) >= 11 is 0. The molecule has 0 spiro atoms. The number of hydrogen-bond acceptors (Lipinski definition) is 3. The fraction of sp³-hybridized carbons (Fsp3) is 0.562. The molecule has 0 saturated heterocycles. The Balaban J connectivity index is 2.01. The number of likely N-dealkylation sites (N-methyl/N-ethyl adjacent to an activating group) is 1. The number of carbonyl (C=O) groups excluding carboxylic acids is 1. The van der Waals surface area contributed by atoms with Crippen molar-refractivity contribution < 1.29 is 4.79 Å². The minimum absolute atomic E-state index is 0.210. The molecule has 1 fully saturated rings. The molecule has 1 atom stereocenters. The van der Waals surface area contributed by atoms with Crippen LogP contribution >= 0.6 is 0 Å². The number of rotatable bonds is 6. The third kappa shape index (κ3) is 3.73. The third-order valence-corrected chi connectivity index (χ3v) is 3.84. The van der Waals surface area contributed by atoms with E-state index in [0.29, 0.717) is 6.54 Å². The first-order valence-electron chi connectivity index (χ1n) is 7.20. The van der Waals surface area contributed by atoms with Crippen molar-refractivity contribution in [3.8, 4) is 0 Å². The molecule has 0 heterocycles. The van der Waals surface area contributed by atoms with Crippen LogP contribution in [-0.2, 0) is 4.79 Å². The Morgan fingerprint density at radius 1 is 1.20 bits per heavy atom. The predicted octanol–water partition coefficient (Wildman–Crippen LogP) is 1.88. The molecule has 1 saturated carbocycles. The van der Waals surface area contributed by atoms with Gasteiger partial charge < -0.3 is 15.1 Å². The summed E-state index contributed by atoms with van der Waals surface area (Å²) in [6.07, 6.45) is 2.10. The van der Waals surface area contributed by atoms with Crippen LogP contribution in [0.25, 0.3) is 0 Å². The van der Waals surface area contributed by atoms with E-state index in [1.54, 1.807) is 0 Å². The van der Waals surface area contributed by atoms with Crippen molar-refractivity contribution in [1.82, 2.24) is 10.2 Å². The summed E-state index contributed by atoms with van der Waals surface area (Å²) in [6, 6.07) is 8.74. The molecule has 1 N–H and O–H groups in total. The van der Waals surface area contributed by atoms with E-state index in [4.69, 9.17) is 0 Å². The standard InChI is InChI=1S/C16H25N3O/c1-18(2)14-9-7-12(8-10-14)15(19(3)4)11-17-16(20)13-5-6-13/h7-10,13,15H,5-6,11H2,1-4H3,(H,17,20)/t15-/m1/s1. The maximum atomic E-state index is 11.8. The summed E-state index contributed by atoms with van der Waals surface area (Å²) in [5.74, 6) is 0.482. The van der Waals surface area contributed by atoms with E-state index in [1.165, 1.54) is 11.3 Å². The molecular weight excluding hydrogens is 250 g/mol. The van der Waals surface area contributed by atoms with Gasteiger partial charge >= 0.3 is 0 Å². The van der Waals surface area contributed by atoms with E-state index < -0.39 is 0 Å². The highest BCUT2D eigenvalue weighted by Gasteiger charge is 2.30. The van der Waals surface area contributed by atoms with Crippen molar-refractivity contribution in [3.63, 3.8) is 0 Å². The molecule has 2 rings (SSSR count). The van der Waals surface area contributed by atoms with Gasteiger partial charge in [-0.1, -0.05) is 12.1 Å². The number of amides is 1. The van der Waals surface area contributed by atoms with Crippen molar-refractivity contribution >= 4 is 11.6 Å². The fourth-order valence-corrected chi connectivity index (χ4v) is 2.28. The van der Waals surface area contributed by atoms with Gasteiger partial charge in [-0.2, -0.15) is 0 Å². The molecule has 0 radical (unpaired) electrons. The van der Waals surface area contributed by atoms with Gasteiger partial charge in [0.1, 0.15) is 0 Å². The third-order valence-electron chi connectivity index (χ3n) is 3.84. The fourth-order valence-electron chi connectivity index (χ4n) is 2.28. The molecule has 0 aliphatic heterocycles. The zero-order valence-electron chi connectivity index (χ0n) is 12.9. The van der Waals surface area contributed by atoms with E-state index in [9.17, 15) is 4.79 Å². The Kier molecular flexibility index (Phi) is 4.65. The highest BCUT2D eigenvalue weighted by Crippen LogP contribution is 2.29. The van der Waals surface area contributed by atoms with Crippen molar-refractivity contribution in [2.45, 2.75) is 18.9 Å². The average molecular weight is 275 g/mol.